The fourth-order valence-electron chi connectivity index (χ4n) is 0.395. The summed E-state index contributed by atoms with van der Waals surface area (Å²) in [7, 11) is -1.87. The van der Waals surface area contributed by atoms with Gasteiger partial charge in [-0.1, -0.05) is 6.58 Å². The first-order valence-corrected chi connectivity index (χ1v) is 7.80. The lowest BCUT2D eigenvalue weighted by molar-refractivity contribution is -0.138. The topological polar surface area (TPSA) is 26.3 Å². The summed E-state index contributed by atoms with van der Waals surface area (Å²) in [6, 6.07) is 0. The molecule has 0 aliphatic heterocycles. The molecule has 0 amide bonds. The number of carbonyl (C=O) groups excluding carboxylic acids is 1. The second kappa shape index (κ2) is 3.09. The number of hydrogen-bond acceptors (Lipinski definition) is 2. The Morgan fingerprint density at radius 3 is 2.08 bits per heavy atom. The Balaban J connectivity index is 4.02. The summed E-state index contributed by atoms with van der Waals surface area (Å²) < 4.78 is 16.9. The van der Waals surface area contributed by atoms with E-state index in [0.29, 0.717) is 5.94 Å². The highest BCUT2D eigenvalue weighted by Gasteiger charge is 2.21. The Morgan fingerprint density at radius 2 is 1.83 bits per heavy atom. The van der Waals surface area contributed by atoms with Gasteiger partial charge in [-0.15, -0.1) is 0 Å². The minimum atomic E-state index is -1.87. The van der Waals surface area contributed by atoms with E-state index in [1.807, 2.05) is 25.0 Å². The van der Waals surface area contributed by atoms with Gasteiger partial charge in [-0.05, 0) is 25.0 Å². The summed E-state index contributed by atoms with van der Waals surface area (Å²) in [5.74, 6) is -1.68. The Hall–Kier alpha value is -0.510. The average molecular weight is 196 g/mol. The van der Waals surface area contributed by atoms with E-state index in [2.05, 4.69) is 6.58 Å². The van der Waals surface area contributed by atoms with E-state index in [-0.39, 0.29) is 0 Å². The van der Waals surface area contributed by atoms with Crippen molar-refractivity contribution in [1.29, 1.82) is 0 Å². The molecule has 0 aromatic carbocycles. The minimum Gasteiger partial charge on any atom is -0.452 e. The van der Waals surface area contributed by atoms with Crippen LogP contribution >= 0.6 is 9.16 Å². The first-order chi connectivity index (χ1) is 5.08. The van der Waals surface area contributed by atoms with Crippen molar-refractivity contribution in [3.63, 3.8) is 0 Å². The number of carbonyl (C=O) groups is 1. The molecule has 0 radical (unpaired) electrons. The maximum absolute atomic E-state index is 12.1. The lowest BCUT2D eigenvalue weighted by atomic mass is 10.6. The summed E-state index contributed by atoms with van der Waals surface area (Å²) in [6.07, 6.45) is 8.17. The molecule has 0 fully saturated rings. The van der Waals surface area contributed by atoms with Crippen LogP contribution in [-0.2, 0) is 9.53 Å². The summed E-state index contributed by atoms with van der Waals surface area (Å²) in [6.45, 7) is 2.85. The molecule has 0 aromatic rings. The van der Waals surface area contributed by atoms with Crippen molar-refractivity contribution in [2.45, 2.75) is 0 Å². The van der Waals surface area contributed by atoms with Crippen LogP contribution in [0.3, 0.4) is 0 Å². The second-order valence-corrected chi connectivity index (χ2v) is 13.1. The molecule has 0 spiro atoms. The first-order valence-electron chi connectivity index (χ1n) is 3.59. The van der Waals surface area contributed by atoms with Gasteiger partial charge in [0.25, 0.3) is 0 Å². The van der Waals surface area contributed by atoms with Gasteiger partial charge in [0.1, 0.15) is 5.94 Å². The Morgan fingerprint density at radius 1 is 1.42 bits per heavy atom. The molecule has 0 unspecified atom stereocenters. The van der Waals surface area contributed by atoms with Gasteiger partial charge < -0.3 is 4.74 Å². The highest BCUT2D eigenvalue weighted by atomic mass is 32.3. The molecule has 0 aromatic heterocycles. The van der Waals surface area contributed by atoms with E-state index in [1.165, 1.54) is 0 Å². The molecule has 0 saturated carbocycles. The van der Waals surface area contributed by atoms with Gasteiger partial charge in [-0.25, -0.2) is 4.79 Å². The lowest BCUT2D eigenvalue weighted by Gasteiger charge is -2.45. The van der Waals surface area contributed by atoms with Gasteiger partial charge in [0.2, 0.25) is 5.83 Å². The zero-order chi connectivity index (χ0) is 10.0. The van der Waals surface area contributed by atoms with Crippen LogP contribution in [0.4, 0.5) is 4.39 Å². The predicted molar refractivity (Wildman–Crippen MR) is 53.9 cm³/mol. The molecule has 0 aliphatic carbocycles. The number of rotatable bonds is 3. The number of esters is 1. The van der Waals surface area contributed by atoms with Crippen LogP contribution in [0, 0.1) is 0 Å². The number of thiol groups is 1. The van der Waals surface area contributed by atoms with Crippen molar-refractivity contribution in [3.05, 3.63) is 12.4 Å². The zero-order valence-corrected chi connectivity index (χ0v) is 8.95. The summed E-state index contributed by atoms with van der Waals surface area (Å²) >= 11 is 0. The third-order valence-electron chi connectivity index (χ3n) is 0.934. The molecule has 0 heterocycles. The fraction of sp³-hybridized carbons (Fsp3) is 0.625. The molecular formula is C8H17FO2S. The zero-order valence-electron chi connectivity index (χ0n) is 8.06. The van der Waals surface area contributed by atoms with E-state index in [1.54, 1.807) is 0 Å². The first kappa shape index (κ1) is 11.5. The van der Waals surface area contributed by atoms with Gasteiger partial charge in [-0.2, -0.15) is 4.39 Å². The van der Waals surface area contributed by atoms with Crippen LogP contribution in [-0.4, -0.2) is 36.9 Å². The van der Waals surface area contributed by atoms with Gasteiger partial charge in [-0.3, -0.25) is 9.16 Å². The highest BCUT2D eigenvalue weighted by Crippen LogP contribution is 2.55. The molecule has 0 atom stereocenters. The molecule has 4 heteroatoms. The molecule has 0 rings (SSSR count). The standard InChI is InChI=1S/C8H17FO2S/c1-7(9)8(10)11-6-12(2,3,4)5/h12H,1,6H2,2-5H3. The van der Waals surface area contributed by atoms with Crippen molar-refractivity contribution < 1.29 is 13.9 Å². The maximum atomic E-state index is 12.1. The van der Waals surface area contributed by atoms with Crippen LogP contribution in [0.15, 0.2) is 12.4 Å². The van der Waals surface area contributed by atoms with Crippen LogP contribution in [0.5, 0.6) is 0 Å². The summed E-state index contributed by atoms with van der Waals surface area (Å²) in [4.78, 5) is 10.7. The van der Waals surface area contributed by atoms with Gasteiger partial charge in [0.05, 0.1) is 0 Å². The van der Waals surface area contributed by atoms with Crippen LogP contribution in [0.2, 0.25) is 0 Å². The highest BCUT2D eigenvalue weighted by molar-refractivity contribution is 8.47. The van der Waals surface area contributed by atoms with Crippen molar-refractivity contribution in [2.24, 2.45) is 0 Å². The van der Waals surface area contributed by atoms with E-state index >= 15 is 0 Å². The maximum Gasteiger partial charge on any atom is 0.367 e. The molecule has 2 nitrogen and oxygen atoms in total. The van der Waals surface area contributed by atoms with Crippen LogP contribution < -0.4 is 0 Å². The van der Waals surface area contributed by atoms with E-state index in [0.717, 1.165) is 0 Å². The summed E-state index contributed by atoms with van der Waals surface area (Å²) in [5, 5.41) is 0. The third kappa shape index (κ3) is 6.22. The SMILES string of the molecule is C=C(F)C(=O)OC[SH](C)(C)(C)C. The lowest BCUT2D eigenvalue weighted by Crippen LogP contribution is -2.20. The molecule has 0 N–H and O–H groups in total. The normalized spacial score (nSPS) is 14.6. The fourth-order valence-corrected chi connectivity index (χ4v) is 1.03. The van der Waals surface area contributed by atoms with Gasteiger partial charge >= 0.3 is 5.97 Å². The van der Waals surface area contributed by atoms with Gasteiger partial charge in [0, 0.05) is 0 Å². The quantitative estimate of drug-likeness (QED) is 0.421. The minimum absolute atomic E-state index is 0.299. The van der Waals surface area contributed by atoms with Crippen molar-refractivity contribution in [3.8, 4) is 0 Å². The van der Waals surface area contributed by atoms with Gasteiger partial charge in [0.15, 0.2) is 0 Å². The average Bonchev–Trinajstić information content (AvgIpc) is 1.79. The molecule has 0 saturated heterocycles. The van der Waals surface area contributed by atoms with E-state index in [9.17, 15) is 9.18 Å². The number of halogens is 1. The summed E-state index contributed by atoms with van der Waals surface area (Å²) in [5.41, 5.74) is 0. The molecule has 0 aliphatic rings. The largest absolute Gasteiger partial charge is 0.452 e. The van der Waals surface area contributed by atoms with Crippen LogP contribution in [0.1, 0.15) is 0 Å². The van der Waals surface area contributed by atoms with Crippen molar-refractivity contribution in [1.82, 2.24) is 0 Å². The number of hydrogen-bond donors (Lipinski definition) is 1. The smallest absolute Gasteiger partial charge is 0.367 e. The molecule has 12 heavy (non-hydrogen) atoms. The van der Waals surface area contributed by atoms with E-state index in [4.69, 9.17) is 4.74 Å². The second-order valence-electron chi connectivity index (χ2n) is 4.91. The predicted octanol–water partition coefficient (Wildman–Crippen LogP) is 1.56. The Labute approximate surface area is 73.1 Å². The molecule has 0 bridgehead atoms. The van der Waals surface area contributed by atoms with E-state index < -0.39 is 21.0 Å². The van der Waals surface area contributed by atoms with Crippen molar-refractivity contribution >= 4 is 15.1 Å². The molecular weight excluding hydrogens is 179 g/mol. The van der Waals surface area contributed by atoms with Crippen molar-refractivity contribution in [2.75, 3.05) is 31.0 Å². The monoisotopic (exact) mass is 196 g/mol. The third-order valence-corrected chi connectivity index (χ3v) is 2.10. The Kier molecular flexibility index (Phi) is 2.96. The number of ether oxygens (including phenoxy) is 1. The van der Waals surface area contributed by atoms with Crippen LogP contribution in [0.25, 0.3) is 0 Å². The molecule has 74 valence electrons. The Bertz CT molecular complexity index is 206.